The molecule has 1 heterocycles. The Morgan fingerprint density at radius 1 is 1.00 bits per heavy atom. The molecule has 0 fully saturated rings. The van der Waals surface area contributed by atoms with E-state index >= 15 is 0 Å². The molecule has 3 rings (SSSR count). The molecule has 0 saturated carbocycles. The van der Waals surface area contributed by atoms with Crippen molar-refractivity contribution in [2.45, 2.75) is 25.9 Å². The van der Waals surface area contributed by atoms with Gasteiger partial charge in [0.15, 0.2) is 0 Å². The Balaban J connectivity index is 1.90. The van der Waals surface area contributed by atoms with Gasteiger partial charge in [-0.2, -0.15) is 0 Å². The fourth-order valence-corrected chi connectivity index (χ4v) is 2.53. The quantitative estimate of drug-likeness (QED) is 0.796. The van der Waals surface area contributed by atoms with Crippen LogP contribution in [0.2, 0.25) is 0 Å². The van der Waals surface area contributed by atoms with Gasteiger partial charge in [-0.1, -0.05) is 38.1 Å². The minimum atomic E-state index is 0.0822. The summed E-state index contributed by atoms with van der Waals surface area (Å²) >= 11 is 0. The van der Waals surface area contributed by atoms with Crippen molar-refractivity contribution in [3.05, 3.63) is 59.7 Å². The molecule has 0 N–H and O–H groups in total. The molecular formula is C17H18O2. The zero-order chi connectivity index (χ0) is 13.3. The van der Waals surface area contributed by atoms with Crippen LogP contribution >= 0.6 is 0 Å². The minimum Gasteiger partial charge on any atom is -0.457 e. The predicted molar refractivity (Wildman–Crippen MR) is 75.6 cm³/mol. The number of para-hydroxylation sites is 1. The summed E-state index contributed by atoms with van der Waals surface area (Å²) in [6.45, 7) is 5.87. The topological polar surface area (TPSA) is 18.5 Å². The maximum atomic E-state index is 5.86. The predicted octanol–water partition coefficient (Wildman–Crippen LogP) is 4.29. The summed E-state index contributed by atoms with van der Waals surface area (Å²) < 4.78 is 11.5. The van der Waals surface area contributed by atoms with E-state index in [-0.39, 0.29) is 5.41 Å². The molecule has 0 spiro atoms. The molecule has 2 aromatic carbocycles. The number of ether oxygens (including phenoxy) is 2. The molecule has 19 heavy (non-hydrogen) atoms. The largest absolute Gasteiger partial charge is 0.457 e. The van der Waals surface area contributed by atoms with Crippen molar-refractivity contribution >= 4 is 0 Å². The molecule has 0 radical (unpaired) electrons. The third kappa shape index (κ3) is 2.49. The van der Waals surface area contributed by atoms with Crippen molar-refractivity contribution in [1.29, 1.82) is 0 Å². The van der Waals surface area contributed by atoms with Gasteiger partial charge in [-0.25, -0.2) is 0 Å². The van der Waals surface area contributed by atoms with Crippen LogP contribution in [0.5, 0.6) is 11.5 Å². The summed E-state index contributed by atoms with van der Waals surface area (Å²) in [5.41, 5.74) is 2.67. The van der Waals surface area contributed by atoms with E-state index in [9.17, 15) is 0 Å². The second kappa shape index (κ2) is 4.71. The molecule has 98 valence electrons. The van der Waals surface area contributed by atoms with Gasteiger partial charge >= 0.3 is 0 Å². The van der Waals surface area contributed by atoms with Crippen molar-refractivity contribution in [2.24, 2.45) is 0 Å². The van der Waals surface area contributed by atoms with E-state index in [1.807, 2.05) is 36.4 Å². The van der Waals surface area contributed by atoms with Gasteiger partial charge in [-0.3, -0.25) is 0 Å². The summed E-state index contributed by atoms with van der Waals surface area (Å²) in [5, 5.41) is 0. The van der Waals surface area contributed by atoms with Gasteiger partial charge in [-0.05, 0) is 35.4 Å². The average molecular weight is 254 g/mol. The maximum absolute atomic E-state index is 5.86. The van der Waals surface area contributed by atoms with E-state index in [2.05, 4.69) is 26.0 Å². The molecule has 0 saturated heterocycles. The Hall–Kier alpha value is -1.80. The second-order valence-corrected chi connectivity index (χ2v) is 5.61. The fourth-order valence-electron chi connectivity index (χ4n) is 2.53. The first-order valence-corrected chi connectivity index (χ1v) is 6.59. The highest BCUT2D eigenvalue weighted by Gasteiger charge is 2.28. The van der Waals surface area contributed by atoms with Crippen LogP contribution in [-0.4, -0.2) is 6.61 Å². The summed E-state index contributed by atoms with van der Waals surface area (Å²) in [6.07, 6.45) is 0. The zero-order valence-electron chi connectivity index (χ0n) is 11.3. The molecular weight excluding hydrogens is 236 g/mol. The molecule has 0 amide bonds. The van der Waals surface area contributed by atoms with Gasteiger partial charge in [0.05, 0.1) is 13.2 Å². The summed E-state index contributed by atoms with van der Waals surface area (Å²) in [5.74, 6) is 1.73. The van der Waals surface area contributed by atoms with E-state index in [0.29, 0.717) is 6.61 Å². The fraction of sp³-hybridized carbons (Fsp3) is 0.294. The third-order valence-corrected chi connectivity index (χ3v) is 3.51. The molecule has 0 aliphatic carbocycles. The lowest BCUT2D eigenvalue weighted by atomic mass is 9.81. The first kappa shape index (κ1) is 12.2. The van der Waals surface area contributed by atoms with Crippen LogP contribution in [0.1, 0.15) is 25.0 Å². The molecule has 2 nitrogen and oxygen atoms in total. The van der Waals surface area contributed by atoms with Crippen LogP contribution < -0.4 is 4.74 Å². The number of benzene rings is 2. The van der Waals surface area contributed by atoms with Gasteiger partial charge in [0.2, 0.25) is 0 Å². The molecule has 0 aromatic heterocycles. The Bertz CT molecular complexity index is 573. The average Bonchev–Trinajstić information content (AvgIpc) is 2.39. The Morgan fingerprint density at radius 3 is 2.58 bits per heavy atom. The number of hydrogen-bond donors (Lipinski definition) is 0. The second-order valence-electron chi connectivity index (χ2n) is 5.61. The van der Waals surface area contributed by atoms with Crippen LogP contribution in [0.25, 0.3) is 0 Å². The van der Waals surface area contributed by atoms with E-state index in [0.717, 1.165) is 18.1 Å². The lowest BCUT2D eigenvalue weighted by molar-refractivity contribution is 0.0640. The van der Waals surface area contributed by atoms with E-state index in [1.165, 1.54) is 11.1 Å². The normalized spacial score (nSPS) is 16.7. The third-order valence-electron chi connectivity index (χ3n) is 3.51. The molecule has 1 aliphatic heterocycles. The number of hydrogen-bond acceptors (Lipinski definition) is 2. The molecule has 1 aliphatic rings. The van der Waals surface area contributed by atoms with E-state index < -0.39 is 0 Å². The monoisotopic (exact) mass is 254 g/mol. The van der Waals surface area contributed by atoms with Gasteiger partial charge in [0.1, 0.15) is 11.5 Å². The van der Waals surface area contributed by atoms with Gasteiger partial charge in [-0.15, -0.1) is 0 Å². The van der Waals surface area contributed by atoms with Crippen LogP contribution in [0.4, 0.5) is 0 Å². The van der Waals surface area contributed by atoms with Crippen molar-refractivity contribution in [2.75, 3.05) is 6.61 Å². The lowest BCUT2D eigenvalue weighted by Gasteiger charge is -2.32. The van der Waals surface area contributed by atoms with Crippen LogP contribution in [0.15, 0.2) is 48.5 Å². The summed E-state index contributed by atoms with van der Waals surface area (Å²) in [7, 11) is 0. The number of rotatable bonds is 2. The van der Waals surface area contributed by atoms with E-state index in [1.54, 1.807) is 0 Å². The zero-order valence-corrected chi connectivity index (χ0v) is 11.3. The maximum Gasteiger partial charge on any atom is 0.127 e. The highest BCUT2D eigenvalue weighted by molar-refractivity contribution is 5.42. The Labute approximate surface area is 114 Å². The minimum absolute atomic E-state index is 0.0822. The van der Waals surface area contributed by atoms with Crippen LogP contribution in [0.3, 0.4) is 0 Å². The first-order chi connectivity index (χ1) is 9.15. The Kier molecular flexibility index (Phi) is 3.03. The highest BCUT2D eigenvalue weighted by Crippen LogP contribution is 2.34. The molecule has 0 bridgehead atoms. The highest BCUT2D eigenvalue weighted by atomic mass is 16.5. The standard InChI is InChI=1S/C17H18O2/c1-17(2)12-18-11-13-10-15(8-9-16(13)17)19-14-6-4-3-5-7-14/h3-10H,11-12H2,1-2H3. The SMILES string of the molecule is CC1(C)COCc2cc(Oc3ccccc3)ccc21. The molecule has 0 unspecified atom stereocenters. The van der Waals surface area contributed by atoms with Crippen LogP contribution in [0, 0.1) is 0 Å². The smallest absolute Gasteiger partial charge is 0.127 e. The van der Waals surface area contributed by atoms with Crippen molar-refractivity contribution < 1.29 is 9.47 Å². The summed E-state index contributed by atoms with van der Waals surface area (Å²) in [4.78, 5) is 0. The first-order valence-electron chi connectivity index (χ1n) is 6.59. The van der Waals surface area contributed by atoms with Gasteiger partial charge in [0.25, 0.3) is 0 Å². The van der Waals surface area contributed by atoms with Crippen molar-refractivity contribution in [3.63, 3.8) is 0 Å². The van der Waals surface area contributed by atoms with Gasteiger partial charge in [0, 0.05) is 5.41 Å². The van der Waals surface area contributed by atoms with E-state index in [4.69, 9.17) is 9.47 Å². The molecule has 2 heteroatoms. The molecule has 0 atom stereocenters. The Morgan fingerprint density at radius 2 is 1.79 bits per heavy atom. The lowest BCUT2D eigenvalue weighted by Crippen LogP contribution is -2.30. The molecule has 2 aromatic rings. The van der Waals surface area contributed by atoms with Crippen molar-refractivity contribution in [1.82, 2.24) is 0 Å². The van der Waals surface area contributed by atoms with Crippen molar-refractivity contribution in [3.8, 4) is 11.5 Å². The summed E-state index contributed by atoms with van der Waals surface area (Å²) in [6, 6.07) is 16.1. The number of fused-ring (bicyclic) bond motifs is 1. The van der Waals surface area contributed by atoms with Gasteiger partial charge < -0.3 is 9.47 Å². The van der Waals surface area contributed by atoms with Crippen LogP contribution in [-0.2, 0) is 16.8 Å².